The highest BCUT2D eigenvalue weighted by molar-refractivity contribution is 6.36. The fraction of sp³-hybridized carbons (Fsp3) is 0.0625. The van der Waals surface area contributed by atoms with Crippen molar-refractivity contribution in [2.24, 2.45) is 0 Å². The van der Waals surface area contributed by atoms with Crippen LogP contribution in [0, 0.1) is 6.92 Å². The van der Waals surface area contributed by atoms with Gasteiger partial charge in [-0.2, -0.15) is 0 Å². The first-order valence-corrected chi connectivity index (χ1v) is 7.69. The number of hydrogen-bond acceptors (Lipinski definition) is 5. The van der Waals surface area contributed by atoms with Crippen molar-refractivity contribution in [3.8, 4) is 0 Å². The fourth-order valence-corrected chi connectivity index (χ4v) is 2.44. The Hall–Kier alpha value is -2.57. The summed E-state index contributed by atoms with van der Waals surface area (Å²) in [6.07, 6.45) is 1.52. The maximum atomic E-state index is 12.4. The van der Waals surface area contributed by atoms with E-state index < -0.39 is 0 Å². The molecule has 0 unspecified atom stereocenters. The molecule has 2 N–H and O–H groups in total. The lowest BCUT2D eigenvalue weighted by molar-refractivity contribution is 0.102. The summed E-state index contributed by atoms with van der Waals surface area (Å²) < 4.78 is 4.97. The summed E-state index contributed by atoms with van der Waals surface area (Å²) in [7, 11) is 0. The number of anilines is 3. The molecule has 1 aromatic carbocycles. The number of aryl methyl sites for hydroxylation is 1. The molecule has 3 rings (SSSR count). The van der Waals surface area contributed by atoms with Crippen molar-refractivity contribution in [3.63, 3.8) is 0 Å². The molecule has 2 aromatic heterocycles. The zero-order chi connectivity index (χ0) is 17.1. The fourth-order valence-electron chi connectivity index (χ4n) is 1.98. The molecule has 6 nitrogen and oxygen atoms in total. The van der Waals surface area contributed by atoms with Crippen LogP contribution in [0.1, 0.15) is 16.1 Å². The molecule has 24 heavy (non-hydrogen) atoms. The lowest BCUT2D eigenvalue weighted by atomic mass is 10.2. The van der Waals surface area contributed by atoms with E-state index in [1.807, 2.05) is 0 Å². The molecule has 0 atom stereocenters. The Bertz CT molecular complexity index is 895. The van der Waals surface area contributed by atoms with Gasteiger partial charge in [0.25, 0.3) is 5.91 Å². The first kappa shape index (κ1) is 16.3. The molecule has 0 saturated heterocycles. The Morgan fingerprint density at radius 1 is 1.12 bits per heavy atom. The van der Waals surface area contributed by atoms with E-state index in [-0.39, 0.29) is 5.91 Å². The molecule has 1 amide bonds. The number of hydrogen-bond donors (Lipinski definition) is 2. The van der Waals surface area contributed by atoms with E-state index in [1.54, 1.807) is 43.3 Å². The van der Waals surface area contributed by atoms with Crippen molar-refractivity contribution in [2.45, 2.75) is 6.92 Å². The zero-order valence-corrected chi connectivity index (χ0v) is 14.0. The van der Waals surface area contributed by atoms with Crippen LogP contribution in [0.3, 0.4) is 0 Å². The molecule has 122 valence electrons. The number of aromatic nitrogens is 2. The third-order valence-corrected chi connectivity index (χ3v) is 3.63. The first-order chi connectivity index (χ1) is 11.5. The standard InChI is InChI=1S/C16H12Cl2N4O2/c1-9-6-15(22-24-9)21-14-7-10(4-5-19-14)16(23)20-13-3-2-11(17)8-12(13)18/h2-8H,1H3,(H,20,23)(H,19,21,22). The average molecular weight is 363 g/mol. The lowest BCUT2D eigenvalue weighted by Crippen LogP contribution is -2.12. The van der Waals surface area contributed by atoms with Crippen LogP contribution in [0.5, 0.6) is 0 Å². The summed E-state index contributed by atoms with van der Waals surface area (Å²) in [5.41, 5.74) is 0.892. The van der Waals surface area contributed by atoms with Gasteiger partial charge in [0.05, 0.1) is 10.7 Å². The monoisotopic (exact) mass is 362 g/mol. The highest BCUT2D eigenvalue weighted by Gasteiger charge is 2.11. The smallest absolute Gasteiger partial charge is 0.255 e. The third kappa shape index (κ3) is 3.84. The van der Waals surface area contributed by atoms with Gasteiger partial charge in [-0.1, -0.05) is 28.4 Å². The van der Waals surface area contributed by atoms with Crippen molar-refractivity contribution >= 4 is 46.4 Å². The number of carbonyl (C=O) groups is 1. The van der Waals surface area contributed by atoms with Gasteiger partial charge in [0.2, 0.25) is 0 Å². The number of rotatable bonds is 4. The minimum atomic E-state index is -0.319. The number of nitrogens with zero attached hydrogens (tertiary/aromatic N) is 2. The van der Waals surface area contributed by atoms with Gasteiger partial charge in [0.1, 0.15) is 11.6 Å². The maximum absolute atomic E-state index is 12.4. The van der Waals surface area contributed by atoms with Gasteiger partial charge < -0.3 is 15.2 Å². The molecular formula is C16H12Cl2N4O2. The van der Waals surface area contributed by atoms with Gasteiger partial charge in [-0.25, -0.2) is 4.98 Å². The number of amides is 1. The molecular weight excluding hydrogens is 351 g/mol. The van der Waals surface area contributed by atoms with Crippen LogP contribution in [0.4, 0.5) is 17.3 Å². The van der Waals surface area contributed by atoms with Crippen LogP contribution in [0.15, 0.2) is 47.1 Å². The maximum Gasteiger partial charge on any atom is 0.255 e. The van der Waals surface area contributed by atoms with E-state index in [4.69, 9.17) is 27.7 Å². The van der Waals surface area contributed by atoms with E-state index in [1.165, 1.54) is 6.20 Å². The number of benzene rings is 1. The quantitative estimate of drug-likeness (QED) is 0.704. The van der Waals surface area contributed by atoms with Crippen molar-refractivity contribution < 1.29 is 9.32 Å². The van der Waals surface area contributed by atoms with Crippen molar-refractivity contribution in [2.75, 3.05) is 10.6 Å². The molecule has 2 heterocycles. The molecule has 0 aliphatic heterocycles. The molecule has 0 spiro atoms. The first-order valence-electron chi connectivity index (χ1n) is 6.94. The lowest BCUT2D eigenvalue weighted by Gasteiger charge is -2.08. The molecule has 0 bridgehead atoms. The third-order valence-electron chi connectivity index (χ3n) is 3.09. The molecule has 0 radical (unpaired) electrons. The van der Waals surface area contributed by atoms with Crippen molar-refractivity contribution in [1.29, 1.82) is 0 Å². The van der Waals surface area contributed by atoms with E-state index >= 15 is 0 Å². The Balaban J connectivity index is 1.76. The largest absolute Gasteiger partial charge is 0.360 e. The van der Waals surface area contributed by atoms with Crippen LogP contribution in [-0.4, -0.2) is 16.0 Å². The van der Waals surface area contributed by atoms with Crippen molar-refractivity contribution in [3.05, 3.63) is 64.0 Å². The molecule has 0 fully saturated rings. The van der Waals surface area contributed by atoms with Gasteiger partial charge in [0.15, 0.2) is 5.82 Å². The van der Waals surface area contributed by atoms with Crippen LogP contribution in [0.2, 0.25) is 10.0 Å². The number of nitrogens with one attached hydrogen (secondary N) is 2. The van der Waals surface area contributed by atoms with Gasteiger partial charge in [-0.05, 0) is 37.3 Å². The molecule has 0 aliphatic rings. The van der Waals surface area contributed by atoms with Crippen molar-refractivity contribution in [1.82, 2.24) is 10.1 Å². The topological polar surface area (TPSA) is 80.0 Å². The zero-order valence-electron chi connectivity index (χ0n) is 12.5. The minimum absolute atomic E-state index is 0.319. The Kier molecular flexibility index (Phi) is 4.69. The van der Waals surface area contributed by atoms with E-state index in [0.717, 1.165) is 0 Å². The highest BCUT2D eigenvalue weighted by Crippen LogP contribution is 2.26. The van der Waals surface area contributed by atoms with Gasteiger partial charge >= 0.3 is 0 Å². The Morgan fingerprint density at radius 2 is 1.96 bits per heavy atom. The Morgan fingerprint density at radius 3 is 2.67 bits per heavy atom. The minimum Gasteiger partial charge on any atom is -0.360 e. The second-order valence-electron chi connectivity index (χ2n) is 4.96. The van der Waals surface area contributed by atoms with Crippen LogP contribution < -0.4 is 10.6 Å². The van der Waals surface area contributed by atoms with Gasteiger partial charge in [-0.15, -0.1) is 0 Å². The number of pyridine rings is 1. The second-order valence-corrected chi connectivity index (χ2v) is 5.80. The highest BCUT2D eigenvalue weighted by atomic mass is 35.5. The summed E-state index contributed by atoms with van der Waals surface area (Å²) in [6.45, 7) is 1.78. The SMILES string of the molecule is Cc1cc(Nc2cc(C(=O)Nc3ccc(Cl)cc3Cl)ccn2)no1. The molecule has 3 aromatic rings. The van der Waals surface area contributed by atoms with Crippen LogP contribution >= 0.6 is 23.2 Å². The van der Waals surface area contributed by atoms with E-state index in [0.29, 0.717) is 38.7 Å². The molecule has 0 aliphatic carbocycles. The summed E-state index contributed by atoms with van der Waals surface area (Å²) in [4.78, 5) is 16.5. The predicted molar refractivity (Wildman–Crippen MR) is 93.2 cm³/mol. The summed E-state index contributed by atoms with van der Waals surface area (Å²) in [6, 6.07) is 9.77. The number of halogens is 2. The molecule has 8 heteroatoms. The second kappa shape index (κ2) is 6.90. The molecule has 0 saturated carbocycles. The van der Waals surface area contributed by atoms with E-state index in [2.05, 4.69) is 20.8 Å². The Labute approximate surface area is 147 Å². The summed E-state index contributed by atoms with van der Waals surface area (Å²) in [5.74, 6) is 1.33. The average Bonchev–Trinajstić information content (AvgIpc) is 2.95. The van der Waals surface area contributed by atoms with Crippen LogP contribution in [0.25, 0.3) is 0 Å². The summed E-state index contributed by atoms with van der Waals surface area (Å²) in [5, 5.41) is 10.4. The van der Waals surface area contributed by atoms with Crippen LogP contribution in [-0.2, 0) is 0 Å². The number of carbonyl (C=O) groups excluding carboxylic acids is 1. The van der Waals surface area contributed by atoms with Gasteiger partial charge in [-0.3, -0.25) is 4.79 Å². The van der Waals surface area contributed by atoms with Gasteiger partial charge in [0, 0.05) is 22.8 Å². The predicted octanol–water partition coefficient (Wildman–Crippen LogP) is 4.68. The van der Waals surface area contributed by atoms with E-state index in [9.17, 15) is 4.79 Å². The summed E-state index contributed by atoms with van der Waals surface area (Å²) >= 11 is 11.9. The normalized spacial score (nSPS) is 10.5.